The van der Waals surface area contributed by atoms with E-state index in [-0.39, 0.29) is 30.5 Å². The van der Waals surface area contributed by atoms with Crippen molar-refractivity contribution in [3.63, 3.8) is 0 Å². The lowest BCUT2D eigenvalue weighted by Gasteiger charge is -2.30. The molecular weight excluding hydrogens is 354 g/mol. The van der Waals surface area contributed by atoms with Crippen molar-refractivity contribution in [1.82, 2.24) is 19.8 Å². The molecule has 26 heavy (non-hydrogen) atoms. The SMILES string of the molecule is Cc1sc2ncn(CC(=O)NCC(=O)N3CC[NH+](C)CC3)c(=O)c2c1C. The minimum Gasteiger partial charge on any atom is -0.345 e. The molecule has 2 aromatic heterocycles. The Morgan fingerprint density at radius 3 is 2.69 bits per heavy atom. The number of fused-ring (bicyclic) bond motifs is 1. The summed E-state index contributed by atoms with van der Waals surface area (Å²) in [5.41, 5.74) is 0.685. The maximum absolute atomic E-state index is 12.6. The molecule has 0 unspecified atom stereocenters. The van der Waals surface area contributed by atoms with Gasteiger partial charge in [-0.05, 0) is 19.4 Å². The number of hydrogen-bond donors (Lipinski definition) is 2. The molecule has 0 aromatic carbocycles. The minimum atomic E-state index is -0.369. The van der Waals surface area contributed by atoms with Crippen LogP contribution in [0.1, 0.15) is 10.4 Å². The molecular formula is C17H24N5O3S+. The van der Waals surface area contributed by atoms with Gasteiger partial charge in [0.15, 0.2) is 0 Å². The van der Waals surface area contributed by atoms with Crippen LogP contribution in [0.3, 0.4) is 0 Å². The topological polar surface area (TPSA) is 88.7 Å². The highest BCUT2D eigenvalue weighted by molar-refractivity contribution is 7.18. The Morgan fingerprint density at radius 1 is 1.31 bits per heavy atom. The summed E-state index contributed by atoms with van der Waals surface area (Å²) in [6, 6.07) is 0. The van der Waals surface area contributed by atoms with Gasteiger partial charge in [-0.2, -0.15) is 0 Å². The summed E-state index contributed by atoms with van der Waals surface area (Å²) in [4.78, 5) is 46.1. The Morgan fingerprint density at radius 2 is 2.00 bits per heavy atom. The van der Waals surface area contributed by atoms with Crippen molar-refractivity contribution in [2.24, 2.45) is 0 Å². The summed E-state index contributed by atoms with van der Waals surface area (Å²) in [6.07, 6.45) is 1.39. The highest BCUT2D eigenvalue weighted by Crippen LogP contribution is 2.25. The third kappa shape index (κ3) is 3.78. The number of nitrogens with zero attached hydrogens (tertiary/aromatic N) is 3. The van der Waals surface area contributed by atoms with Gasteiger partial charge in [0.25, 0.3) is 5.56 Å². The van der Waals surface area contributed by atoms with E-state index in [9.17, 15) is 14.4 Å². The fourth-order valence-electron chi connectivity index (χ4n) is 3.02. The second kappa shape index (κ2) is 7.55. The average molecular weight is 378 g/mol. The van der Waals surface area contributed by atoms with Crippen molar-refractivity contribution in [2.45, 2.75) is 20.4 Å². The van der Waals surface area contributed by atoms with Gasteiger partial charge in [0.05, 0.1) is 51.5 Å². The first-order valence-corrected chi connectivity index (χ1v) is 9.49. The van der Waals surface area contributed by atoms with Gasteiger partial charge < -0.3 is 15.1 Å². The van der Waals surface area contributed by atoms with E-state index in [1.807, 2.05) is 13.8 Å². The van der Waals surface area contributed by atoms with Gasteiger partial charge in [0.1, 0.15) is 11.4 Å². The molecule has 1 saturated heterocycles. The van der Waals surface area contributed by atoms with Crippen molar-refractivity contribution < 1.29 is 14.5 Å². The number of rotatable bonds is 4. The molecule has 0 spiro atoms. The summed E-state index contributed by atoms with van der Waals surface area (Å²) >= 11 is 1.47. The Bertz CT molecular complexity index is 896. The predicted octanol–water partition coefficient (Wildman–Crippen LogP) is -1.45. The highest BCUT2D eigenvalue weighted by atomic mass is 32.1. The van der Waals surface area contributed by atoms with E-state index in [0.717, 1.165) is 23.5 Å². The molecule has 1 fully saturated rings. The Hall–Kier alpha value is -2.26. The van der Waals surface area contributed by atoms with Crippen LogP contribution >= 0.6 is 11.3 Å². The number of thiophene rings is 1. The Labute approximate surface area is 155 Å². The zero-order chi connectivity index (χ0) is 18.8. The first-order valence-electron chi connectivity index (χ1n) is 8.67. The predicted molar refractivity (Wildman–Crippen MR) is 99.6 cm³/mol. The van der Waals surface area contributed by atoms with Gasteiger partial charge >= 0.3 is 0 Å². The van der Waals surface area contributed by atoms with Gasteiger partial charge in [0, 0.05) is 4.88 Å². The second-order valence-corrected chi connectivity index (χ2v) is 7.96. The van der Waals surface area contributed by atoms with E-state index in [1.54, 1.807) is 4.90 Å². The molecule has 2 amide bonds. The number of carbonyl (C=O) groups excluding carboxylic acids is 2. The zero-order valence-electron chi connectivity index (χ0n) is 15.3. The Kier molecular flexibility index (Phi) is 5.38. The first-order chi connectivity index (χ1) is 12.4. The van der Waals surface area contributed by atoms with Crippen molar-refractivity contribution in [1.29, 1.82) is 0 Å². The van der Waals surface area contributed by atoms with E-state index in [1.165, 1.54) is 27.1 Å². The van der Waals surface area contributed by atoms with E-state index in [4.69, 9.17) is 0 Å². The van der Waals surface area contributed by atoms with E-state index in [2.05, 4.69) is 17.3 Å². The third-order valence-electron chi connectivity index (χ3n) is 4.88. The van der Waals surface area contributed by atoms with Gasteiger partial charge in [-0.3, -0.25) is 19.0 Å². The van der Waals surface area contributed by atoms with E-state index >= 15 is 0 Å². The molecule has 0 atom stereocenters. The zero-order valence-corrected chi connectivity index (χ0v) is 16.1. The van der Waals surface area contributed by atoms with Crippen LogP contribution in [0.4, 0.5) is 0 Å². The quantitative estimate of drug-likeness (QED) is 0.681. The largest absolute Gasteiger partial charge is 0.345 e. The molecule has 9 heteroatoms. The fraction of sp³-hybridized carbons (Fsp3) is 0.529. The van der Waals surface area contributed by atoms with E-state index in [0.29, 0.717) is 23.3 Å². The lowest BCUT2D eigenvalue weighted by molar-refractivity contribution is -0.883. The van der Waals surface area contributed by atoms with Gasteiger partial charge in [-0.25, -0.2) is 4.98 Å². The first kappa shape index (κ1) is 18.5. The van der Waals surface area contributed by atoms with Crippen LogP contribution in [0, 0.1) is 13.8 Å². The fourth-order valence-corrected chi connectivity index (χ4v) is 4.00. The van der Waals surface area contributed by atoms with Crippen LogP contribution in [-0.2, 0) is 16.1 Å². The minimum absolute atomic E-state index is 0.0428. The number of amides is 2. The maximum atomic E-state index is 12.6. The lowest BCUT2D eigenvalue weighted by atomic mass is 10.2. The van der Waals surface area contributed by atoms with Crippen LogP contribution in [0.15, 0.2) is 11.1 Å². The monoisotopic (exact) mass is 378 g/mol. The van der Waals surface area contributed by atoms with Gasteiger partial charge in [0.2, 0.25) is 11.8 Å². The lowest BCUT2D eigenvalue weighted by Crippen LogP contribution is -3.12. The Balaban J connectivity index is 1.61. The summed E-state index contributed by atoms with van der Waals surface area (Å²) < 4.78 is 1.29. The smallest absolute Gasteiger partial charge is 0.262 e. The van der Waals surface area contributed by atoms with Crippen LogP contribution in [-0.4, -0.2) is 66.0 Å². The van der Waals surface area contributed by atoms with E-state index < -0.39 is 0 Å². The van der Waals surface area contributed by atoms with Crippen molar-refractivity contribution in [3.05, 3.63) is 27.1 Å². The van der Waals surface area contributed by atoms with Crippen molar-refractivity contribution >= 4 is 33.4 Å². The molecule has 2 aromatic rings. The normalized spacial score (nSPS) is 15.4. The number of nitrogens with one attached hydrogen (secondary N) is 2. The van der Waals surface area contributed by atoms with Crippen LogP contribution in [0.5, 0.6) is 0 Å². The van der Waals surface area contributed by atoms with Crippen LogP contribution in [0.2, 0.25) is 0 Å². The summed E-state index contributed by atoms with van der Waals surface area (Å²) in [6.45, 7) is 6.89. The molecule has 140 valence electrons. The number of piperazine rings is 1. The number of aromatic nitrogens is 2. The number of likely N-dealkylation sites (N-methyl/N-ethyl adjacent to an activating group) is 1. The molecule has 0 bridgehead atoms. The molecule has 3 heterocycles. The van der Waals surface area contributed by atoms with Crippen molar-refractivity contribution in [3.8, 4) is 0 Å². The number of hydrogen-bond acceptors (Lipinski definition) is 5. The second-order valence-electron chi connectivity index (χ2n) is 6.76. The molecule has 3 rings (SSSR count). The average Bonchev–Trinajstić information content (AvgIpc) is 2.91. The number of aryl methyl sites for hydroxylation is 2. The summed E-state index contributed by atoms with van der Waals surface area (Å²) in [7, 11) is 2.10. The molecule has 1 aliphatic heterocycles. The summed E-state index contributed by atoms with van der Waals surface area (Å²) in [5.74, 6) is -0.456. The van der Waals surface area contributed by atoms with Crippen LogP contribution in [0.25, 0.3) is 10.2 Å². The standard InChI is InChI=1S/C17H23N5O3S/c1-11-12(2)26-16-15(11)17(25)22(10-19-16)9-13(23)18-8-14(24)21-6-4-20(3)5-7-21/h10H,4-9H2,1-3H3,(H,18,23)/p+1. The van der Waals surface area contributed by atoms with Crippen molar-refractivity contribution in [2.75, 3.05) is 39.8 Å². The molecule has 0 radical (unpaired) electrons. The third-order valence-corrected chi connectivity index (χ3v) is 5.99. The molecule has 1 aliphatic rings. The highest BCUT2D eigenvalue weighted by Gasteiger charge is 2.21. The molecule has 0 aliphatic carbocycles. The van der Waals surface area contributed by atoms with Crippen LogP contribution < -0.4 is 15.8 Å². The van der Waals surface area contributed by atoms with Gasteiger partial charge in [-0.1, -0.05) is 0 Å². The number of quaternary nitrogens is 1. The number of carbonyl (C=O) groups is 2. The summed E-state index contributed by atoms with van der Waals surface area (Å²) in [5, 5.41) is 3.18. The molecule has 2 N–H and O–H groups in total. The molecule has 0 saturated carbocycles. The molecule has 8 nitrogen and oxygen atoms in total. The maximum Gasteiger partial charge on any atom is 0.262 e. The van der Waals surface area contributed by atoms with Gasteiger partial charge in [-0.15, -0.1) is 11.3 Å².